The number of hydrogen-bond donors (Lipinski definition) is 0. The molecule has 0 atom stereocenters. The van der Waals surface area contributed by atoms with Crippen molar-refractivity contribution in [1.82, 2.24) is 23.3 Å². The first-order chi connectivity index (χ1) is 13.5. The zero-order valence-electron chi connectivity index (χ0n) is 17.6. The van der Waals surface area contributed by atoms with E-state index in [0.717, 1.165) is 28.9 Å². The van der Waals surface area contributed by atoms with Gasteiger partial charge in [0.2, 0.25) is 0 Å². The Morgan fingerprint density at radius 1 is 1.14 bits per heavy atom. The minimum absolute atomic E-state index is 0.0218. The van der Waals surface area contributed by atoms with Crippen LogP contribution in [0.25, 0.3) is 11.2 Å². The van der Waals surface area contributed by atoms with Crippen molar-refractivity contribution in [2.24, 2.45) is 20.0 Å². The Balaban J connectivity index is 2.04. The summed E-state index contributed by atoms with van der Waals surface area (Å²) in [5, 5.41) is 0. The predicted octanol–water partition coefficient (Wildman–Crippen LogP) is 2.54. The smallest absolute Gasteiger partial charge is 0.332 e. The molecule has 0 saturated heterocycles. The van der Waals surface area contributed by atoms with E-state index in [9.17, 15) is 14.4 Å². The lowest BCUT2D eigenvalue weighted by Crippen LogP contribution is -2.37. The van der Waals surface area contributed by atoms with E-state index < -0.39 is 11.2 Å². The first-order valence-electron chi connectivity index (χ1n) is 9.56. The molecule has 0 amide bonds. The molecule has 8 nitrogen and oxygen atoms in total. The number of aryl methyl sites for hydroxylation is 2. The zero-order chi connectivity index (χ0) is 21.6. The van der Waals surface area contributed by atoms with E-state index in [2.05, 4.69) is 39.3 Å². The highest BCUT2D eigenvalue weighted by Gasteiger charge is 2.22. The van der Waals surface area contributed by atoms with Crippen LogP contribution in [0.4, 0.5) is 0 Å². The monoisotopic (exact) mass is 463 g/mol. The van der Waals surface area contributed by atoms with Crippen LogP contribution in [0.5, 0.6) is 0 Å². The van der Waals surface area contributed by atoms with Crippen molar-refractivity contribution in [1.29, 1.82) is 0 Å². The van der Waals surface area contributed by atoms with Gasteiger partial charge in [0.25, 0.3) is 5.56 Å². The number of nitrogens with zero attached hydrogens (tertiary/aromatic N) is 5. The van der Waals surface area contributed by atoms with E-state index in [1.54, 1.807) is 11.6 Å². The van der Waals surface area contributed by atoms with E-state index in [0.29, 0.717) is 21.9 Å². The number of carbonyl (C=O) groups excluding carboxylic acids is 1. The summed E-state index contributed by atoms with van der Waals surface area (Å²) in [6.07, 6.45) is 1.03. The van der Waals surface area contributed by atoms with Gasteiger partial charge in [-0.15, -0.1) is 0 Å². The minimum Gasteiger partial charge on any atom is -0.348 e. The fourth-order valence-electron chi connectivity index (χ4n) is 3.65. The quantitative estimate of drug-likeness (QED) is 0.415. The second kappa shape index (κ2) is 7.78. The maximum Gasteiger partial charge on any atom is 0.332 e. The zero-order valence-corrected chi connectivity index (χ0v) is 19.2. The van der Waals surface area contributed by atoms with Crippen molar-refractivity contribution in [2.45, 2.75) is 47.2 Å². The molecule has 0 N–H and O–H groups in total. The molecule has 0 unspecified atom stereocenters. The third kappa shape index (κ3) is 3.63. The van der Waals surface area contributed by atoms with Crippen LogP contribution >= 0.6 is 15.9 Å². The molecule has 3 aromatic rings. The summed E-state index contributed by atoms with van der Waals surface area (Å²) in [4.78, 5) is 42.1. The third-order valence-corrected chi connectivity index (χ3v) is 6.00. The normalized spacial score (nSPS) is 11.7. The molecular formula is C20H26BrN5O3. The first kappa shape index (κ1) is 21.3. The van der Waals surface area contributed by atoms with Crippen LogP contribution in [0, 0.1) is 19.8 Å². The number of Topliss-reactive ketones (excluding diaryl/α,β-unsaturated/α-hetero) is 1. The topological polar surface area (TPSA) is 83.8 Å². The molecule has 0 saturated carbocycles. The van der Waals surface area contributed by atoms with Crippen molar-refractivity contribution in [3.8, 4) is 0 Å². The van der Waals surface area contributed by atoms with Gasteiger partial charge < -0.3 is 4.57 Å². The van der Waals surface area contributed by atoms with E-state index in [1.165, 1.54) is 11.6 Å². The minimum atomic E-state index is -0.484. The second-order valence-corrected chi connectivity index (χ2v) is 8.60. The van der Waals surface area contributed by atoms with Gasteiger partial charge in [0.05, 0.1) is 6.54 Å². The standard InChI is InChI=1S/C20H26BrN5O3/c1-11(2)7-8-25-12(3)9-14(13(25)4)15(27)10-26-17-16(22-19(26)21)18(28)24(6)20(29)23(17)5/h9,11H,7-8,10H2,1-6H3. The molecular weight excluding hydrogens is 438 g/mol. The summed E-state index contributed by atoms with van der Waals surface area (Å²) in [7, 11) is 2.98. The fourth-order valence-corrected chi connectivity index (χ4v) is 4.12. The van der Waals surface area contributed by atoms with Gasteiger partial charge in [0, 0.05) is 37.6 Å². The maximum atomic E-state index is 13.1. The van der Waals surface area contributed by atoms with Gasteiger partial charge in [0.1, 0.15) is 0 Å². The van der Waals surface area contributed by atoms with Gasteiger partial charge in [-0.25, -0.2) is 9.78 Å². The van der Waals surface area contributed by atoms with Crippen LogP contribution in [0.1, 0.15) is 42.0 Å². The highest BCUT2D eigenvalue weighted by molar-refractivity contribution is 9.10. The Kier molecular flexibility index (Phi) is 5.71. The van der Waals surface area contributed by atoms with Crippen molar-refractivity contribution < 1.29 is 4.79 Å². The van der Waals surface area contributed by atoms with Crippen LogP contribution in [0.15, 0.2) is 20.4 Å². The van der Waals surface area contributed by atoms with E-state index >= 15 is 0 Å². The van der Waals surface area contributed by atoms with Gasteiger partial charge in [0.15, 0.2) is 21.7 Å². The predicted molar refractivity (Wildman–Crippen MR) is 116 cm³/mol. The summed E-state index contributed by atoms with van der Waals surface area (Å²) >= 11 is 3.34. The van der Waals surface area contributed by atoms with Gasteiger partial charge >= 0.3 is 5.69 Å². The number of halogens is 1. The molecule has 9 heteroatoms. The fraction of sp³-hybridized carbons (Fsp3) is 0.500. The van der Waals surface area contributed by atoms with E-state index in [1.807, 2.05) is 19.9 Å². The van der Waals surface area contributed by atoms with Crippen LogP contribution in [0.2, 0.25) is 0 Å². The maximum absolute atomic E-state index is 13.1. The Labute approximate surface area is 176 Å². The summed E-state index contributed by atoms with van der Waals surface area (Å²) in [5.41, 5.74) is 2.15. The Morgan fingerprint density at radius 2 is 1.79 bits per heavy atom. The van der Waals surface area contributed by atoms with Crippen molar-refractivity contribution in [3.05, 3.63) is 48.6 Å². The lowest BCUT2D eigenvalue weighted by atomic mass is 10.1. The second-order valence-electron chi connectivity index (χ2n) is 7.89. The van der Waals surface area contributed by atoms with Crippen LogP contribution in [-0.2, 0) is 27.2 Å². The molecule has 0 aliphatic heterocycles. The summed E-state index contributed by atoms with van der Waals surface area (Å²) in [6.45, 7) is 9.15. The average molecular weight is 464 g/mol. The molecule has 3 aromatic heterocycles. The summed E-state index contributed by atoms with van der Waals surface area (Å²) < 4.78 is 6.43. The Morgan fingerprint density at radius 3 is 2.41 bits per heavy atom. The average Bonchev–Trinajstić information content (AvgIpc) is 3.13. The Hall–Kier alpha value is -2.42. The molecule has 0 radical (unpaired) electrons. The van der Waals surface area contributed by atoms with Crippen molar-refractivity contribution in [3.63, 3.8) is 0 Å². The number of imidazole rings is 1. The molecule has 3 heterocycles. The van der Waals surface area contributed by atoms with Gasteiger partial charge in [-0.1, -0.05) is 13.8 Å². The van der Waals surface area contributed by atoms with Crippen LogP contribution in [-0.4, -0.2) is 29.0 Å². The number of fused-ring (bicyclic) bond motifs is 1. The summed E-state index contributed by atoms with van der Waals surface area (Å²) in [6, 6.07) is 1.91. The molecule has 0 fully saturated rings. The number of carbonyl (C=O) groups is 1. The van der Waals surface area contributed by atoms with Crippen molar-refractivity contribution >= 4 is 32.9 Å². The highest BCUT2D eigenvalue weighted by atomic mass is 79.9. The number of ketones is 1. The molecule has 0 aliphatic carbocycles. The van der Waals surface area contributed by atoms with Gasteiger partial charge in [-0.2, -0.15) is 0 Å². The van der Waals surface area contributed by atoms with Gasteiger partial charge in [-0.05, 0) is 48.2 Å². The number of aromatic nitrogens is 5. The molecule has 0 aliphatic rings. The molecule has 0 bridgehead atoms. The highest BCUT2D eigenvalue weighted by Crippen LogP contribution is 2.21. The molecule has 156 valence electrons. The lowest BCUT2D eigenvalue weighted by molar-refractivity contribution is 0.0971. The first-order valence-corrected chi connectivity index (χ1v) is 10.4. The van der Waals surface area contributed by atoms with E-state index in [4.69, 9.17) is 0 Å². The molecule has 3 rings (SSSR count). The van der Waals surface area contributed by atoms with Crippen molar-refractivity contribution in [2.75, 3.05) is 0 Å². The van der Waals surface area contributed by atoms with Crippen LogP contribution in [0.3, 0.4) is 0 Å². The largest absolute Gasteiger partial charge is 0.348 e. The summed E-state index contributed by atoms with van der Waals surface area (Å²) in [5.74, 6) is 0.481. The molecule has 29 heavy (non-hydrogen) atoms. The lowest BCUT2D eigenvalue weighted by Gasteiger charge is -2.12. The number of rotatable bonds is 6. The van der Waals surface area contributed by atoms with E-state index in [-0.39, 0.29) is 17.8 Å². The molecule has 0 aromatic carbocycles. The number of hydrogen-bond acceptors (Lipinski definition) is 4. The van der Waals surface area contributed by atoms with Gasteiger partial charge in [-0.3, -0.25) is 23.3 Å². The van der Waals surface area contributed by atoms with Crippen LogP contribution < -0.4 is 11.2 Å². The Bertz CT molecular complexity index is 1230. The molecule has 0 spiro atoms. The third-order valence-electron chi connectivity index (χ3n) is 5.40. The SMILES string of the molecule is Cc1cc(C(=O)Cn2c(Br)nc3c(=O)n(C)c(=O)n(C)c32)c(C)n1CCC(C)C.